The minimum Gasteiger partial charge on any atom is -0.508 e. The Hall–Kier alpha value is -1.06. The lowest BCUT2D eigenvalue weighted by Crippen LogP contribution is -2.38. The average molecular weight is 276 g/mol. The van der Waals surface area contributed by atoms with Crippen LogP contribution in [0.4, 0.5) is 0 Å². The van der Waals surface area contributed by atoms with Gasteiger partial charge in [0.2, 0.25) is 0 Å². The summed E-state index contributed by atoms with van der Waals surface area (Å²) < 4.78 is 0. The zero-order valence-electron chi connectivity index (χ0n) is 12.8. The lowest BCUT2D eigenvalue weighted by Gasteiger charge is -2.35. The predicted octanol–water partition coefficient (Wildman–Crippen LogP) is 3.16. The highest BCUT2D eigenvalue weighted by molar-refractivity contribution is 5.28. The molecule has 1 fully saturated rings. The van der Waals surface area contributed by atoms with Crippen molar-refractivity contribution in [2.45, 2.75) is 39.2 Å². The second-order valence-corrected chi connectivity index (χ2v) is 5.80. The van der Waals surface area contributed by atoms with Crippen molar-refractivity contribution in [2.75, 3.05) is 26.2 Å². The van der Waals surface area contributed by atoms with Gasteiger partial charge < -0.3 is 10.4 Å². The molecule has 3 heteroatoms. The maximum Gasteiger partial charge on any atom is 0.115 e. The summed E-state index contributed by atoms with van der Waals surface area (Å²) >= 11 is 0. The van der Waals surface area contributed by atoms with E-state index in [2.05, 4.69) is 36.2 Å². The van der Waals surface area contributed by atoms with E-state index in [0.717, 1.165) is 32.0 Å². The third-order valence-corrected chi connectivity index (χ3v) is 4.46. The fourth-order valence-corrected chi connectivity index (χ4v) is 3.27. The molecule has 0 spiro atoms. The molecule has 0 saturated carbocycles. The second-order valence-electron chi connectivity index (χ2n) is 5.80. The van der Waals surface area contributed by atoms with Gasteiger partial charge in [0.1, 0.15) is 5.75 Å². The number of hydrogen-bond acceptors (Lipinski definition) is 3. The summed E-state index contributed by atoms with van der Waals surface area (Å²) in [6.45, 7) is 9.12. The number of piperidine rings is 1. The Morgan fingerprint density at radius 2 is 1.85 bits per heavy atom. The lowest BCUT2D eigenvalue weighted by atomic mass is 9.95. The van der Waals surface area contributed by atoms with Crippen LogP contribution in [-0.2, 0) is 0 Å². The minimum atomic E-state index is 0.352. The largest absolute Gasteiger partial charge is 0.508 e. The number of phenolic OH excluding ortho intramolecular Hbond substituents is 1. The van der Waals surface area contributed by atoms with E-state index in [1.807, 2.05) is 0 Å². The Morgan fingerprint density at radius 1 is 1.20 bits per heavy atom. The van der Waals surface area contributed by atoms with E-state index in [0.29, 0.717) is 11.8 Å². The van der Waals surface area contributed by atoms with E-state index >= 15 is 0 Å². The van der Waals surface area contributed by atoms with Gasteiger partial charge in [0.05, 0.1) is 0 Å². The first-order valence-electron chi connectivity index (χ1n) is 7.98. The van der Waals surface area contributed by atoms with Crippen LogP contribution in [0, 0.1) is 5.92 Å². The van der Waals surface area contributed by atoms with Crippen molar-refractivity contribution in [2.24, 2.45) is 5.92 Å². The van der Waals surface area contributed by atoms with Gasteiger partial charge >= 0.3 is 0 Å². The Kier molecular flexibility index (Phi) is 5.86. The molecule has 1 atom stereocenters. The maximum absolute atomic E-state index is 9.45. The second kappa shape index (κ2) is 7.65. The van der Waals surface area contributed by atoms with Gasteiger partial charge in [0, 0.05) is 12.6 Å². The molecule has 1 saturated heterocycles. The third kappa shape index (κ3) is 3.97. The molecule has 0 aliphatic carbocycles. The monoisotopic (exact) mass is 276 g/mol. The van der Waals surface area contributed by atoms with Crippen LogP contribution < -0.4 is 5.32 Å². The van der Waals surface area contributed by atoms with E-state index in [-0.39, 0.29) is 0 Å². The molecule has 0 aromatic heterocycles. The van der Waals surface area contributed by atoms with Crippen LogP contribution in [0.1, 0.15) is 44.7 Å². The van der Waals surface area contributed by atoms with Gasteiger partial charge in [-0.2, -0.15) is 0 Å². The van der Waals surface area contributed by atoms with Crippen molar-refractivity contribution in [3.05, 3.63) is 29.8 Å². The van der Waals surface area contributed by atoms with Crippen molar-refractivity contribution in [3.63, 3.8) is 0 Å². The molecular weight excluding hydrogens is 248 g/mol. The third-order valence-electron chi connectivity index (χ3n) is 4.46. The molecule has 20 heavy (non-hydrogen) atoms. The summed E-state index contributed by atoms with van der Waals surface area (Å²) in [6.07, 6.45) is 3.70. The number of aromatic hydroxyl groups is 1. The standard InChI is InChI=1S/C17H28N2O/c1-3-17(15-5-7-16(20)8-6-15)19(4-2)13-14-9-11-18-12-10-14/h5-8,14,17-18,20H,3-4,9-13H2,1-2H3. The Bertz CT molecular complexity index is 384. The molecule has 2 N–H and O–H groups in total. The molecule has 1 aliphatic heterocycles. The summed E-state index contributed by atoms with van der Waals surface area (Å²) in [5.74, 6) is 1.17. The zero-order valence-corrected chi connectivity index (χ0v) is 12.8. The van der Waals surface area contributed by atoms with Gasteiger partial charge in [-0.15, -0.1) is 0 Å². The van der Waals surface area contributed by atoms with Crippen molar-refractivity contribution in [1.29, 1.82) is 0 Å². The molecule has 1 unspecified atom stereocenters. The van der Waals surface area contributed by atoms with Crippen LogP contribution in [0.3, 0.4) is 0 Å². The first-order valence-corrected chi connectivity index (χ1v) is 7.98. The van der Waals surface area contributed by atoms with Crippen LogP contribution in [-0.4, -0.2) is 36.2 Å². The molecule has 2 rings (SSSR count). The molecule has 0 bridgehead atoms. The number of hydrogen-bond donors (Lipinski definition) is 2. The molecule has 3 nitrogen and oxygen atoms in total. The lowest BCUT2D eigenvalue weighted by molar-refractivity contribution is 0.155. The topological polar surface area (TPSA) is 35.5 Å². The van der Waals surface area contributed by atoms with Crippen molar-refractivity contribution >= 4 is 0 Å². The van der Waals surface area contributed by atoms with Crippen LogP contribution in [0.15, 0.2) is 24.3 Å². The number of rotatable bonds is 6. The normalized spacial score (nSPS) is 18.4. The molecule has 1 aromatic rings. The van der Waals surface area contributed by atoms with Crippen LogP contribution in [0.2, 0.25) is 0 Å². The van der Waals surface area contributed by atoms with E-state index in [4.69, 9.17) is 0 Å². The molecule has 1 aromatic carbocycles. The first-order chi connectivity index (χ1) is 9.74. The summed E-state index contributed by atoms with van der Waals surface area (Å²) in [7, 11) is 0. The van der Waals surface area contributed by atoms with Gasteiger partial charge in [0.25, 0.3) is 0 Å². The smallest absolute Gasteiger partial charge is 0.115 e. The molecule has 112 valence electrons. The van der Waals surface area contributed by atoms with Gasteiger partial charge in [-0.05, 0) is 62.5 Å². The van der Waals surface area contributed by atoms with E-state index in [9.17, 15) is 5.11 Å². The average Bonchev–Trinajstić information content (AvgIpc) is 2.49. The summed E-state index contributed by atoms with van der Waals surface area (Å²) in [5.41, 5.74) is 1.32. The fraction of sp³-hybridized carbons (Fsp3) is 0.647. The quantitative estimate of drug-likeness (QED) is 0.838. The van der Waals surface area contributed by atoms with Crippen LogP contribution >= 0.6 is 0 Å². The van der Waals surface area contributed by atoms with Gasteiger partial charge in [0.15, 0.2) is 0 Å². The van der Waals surface area contributed by atoms with E-state index in [1.165, 1.54) is 24.9 Å². The van der Waals surface area contributed by atoms with Crippen LogP contribution in [0.25, 0.3) is 0 Å². The minimum absolute atomic E-state index is 0.352. The molecule has 0 amide bonds. The Balaban J connectivity index is 2.04. The highest BCUT2D eigenvalue weighted by Gasteiger charge is 2.22. The van der Waals surface area contributed by atoms with Crippen molar-refractivity contribution in [3.8, 4) is 5.75 Å². The molecular formula is C17H28N2O. The highest BCUT2D eigenvalue weighted by atomic mass is 16.3. The number of nitrogens with one attached hydrogen (secondary N) is 1. The van der Waals surface area contributed by atoms with Gasteiger partial charge in [-0.25, -0.2) is 0 Å². The zero-order chi connectivity index (χ0) is 14.4. The van der Waals surface area contributed by atoms with E-state index in [1.54, 1.807) is 12.1 Å². The highest BCUT2D eigenvalue weighted by Crippen LogP contribution is 2.27. The SMILES string of the molecule is CCC(c1ccc(O)cc1)N(CC)CC1CCNCC1. The number of nitrogens with zero attached hydrogens (tertiary/aromatic N) is 1. The van der Waals surface area contributed by atoms with Gasteiger partial charge in [-0.3, -0.25) is 4.90 Å². The molecule has 1 aliphatic rings. The molecule has 1 heterocycles. The predicted molar refractivity (Wildman–Crippen MR) is 84.0 cm³/mol. The number of phenols is 1. The summed E-state index contributed by atoms with van der Waals surface area (Å²) in [4.78, 5) is 2.60. The maximum atomic E-state index is 9.45. The van der Waals surface area contributed by atoms with Crippen LogP contribution in [0.5, 0.6) is 5.75 Å². The molecule has 0 radical (unpaired) electrons. The Morgan fingerprint density at radius 3 is 2.40 bits per heavy atom. The first kappa shape index (κ1) is 15.3. The summed E-state index contributed by atoms with van der Waals surface area (Å²) in [6, 6.07) is 8.20. The fourth-order valence-electron chi connectivity index (χ4n) is 3.27. The Labute approximate surface area is 123 Å². The number of benzene rings is 1. The van der Waals surface area contributed by atoms with E-state index < -0.39 is 0 Å². The van der Waals surface area contributed by atoms with Crippen molar-refractivity contribution in [1.82, 2.24) is 10.2 Å². The van der Waals surface area contributed by atoms with Gasteiger partial charge in [-0.1, -0.05) is 26.0 Å². The van der Waals surface area contributed by atoms with Crippen molar-refractivity contribution < 1.29 is 5.11 Å². The summed E-state index contributed by atoms with van der Waals surface area (Å²) in [5, 5.41) is 12.9.